The fraction of sp³-hybridized carbons (Fsp3) is 0.278. The van der Waals surface area contributed by atoms with E-state index in [0.717, 1.165) is 22.5 Å². The van der Waals surface area contributed by atoms with E-state index in [1.165, 1.54) is 17.9 Å². The van der Waals surface area contributed by atoms with Crippen molar-refractivity contribution in [3.05, 3.63) is 41.9 Å². The number of anilines is 2. The van der Waals surface area contributed by atoms with E-state index in [4.69, 9.17) is 0 Å². The highest BCUT2D eigenvalue weighted by atomic mass is 16.2. The van der Waals surface area contributed by atoms with Crippen molar-refractivity contribution in [2.75, 3.05) is 10.6 Å². The standard InChI is InChI=1S/C18H21N7O2/c1-11-18(14-6-5-7-15(8-14)20-13(3)26)12(2)25(22-11)10-17(27)21-16-9-19-24(4)23-16/h5-9H,10H2,1-4H3,(H,20,26)(H,21,23,27). The average Bonchev–Trinajstić information content (AvgIpc) is 3.10. The molecule has 0 saturated heterocycles. The maximum atomic E-state index is 12.3. The van der Waals surface area contributed by atoms with Crippen molar-refractivity contribution in [1.29, 1.82) is 0 Å². The maximum Gasteiger partial charge on any atom is 0.247 e. The van der Waals surface area contributed by atoms with Gasteiger partial charge in [-0.3, -0.25) is 14.3 Å². The number of amides is 2. The number of nitrogens with one attached hydrogen (secondary N) is 2. The summed E-state index contributed by atoms with van der Waals surface area (Å²) in [5.74, 6) is 0.0314. The first-order valence-electron chi connectivity index (χ1n) is 8.41. The minimum atomic E-state index is -0.236. The highest BCUT2D eigenvalue weighted by molar-refractivity contribution is 5.90. The van der Waals surface area contributed by atoms with Gasteiger partial charge in [0.05, 0.1) is 11.9 Å². The van der Waals surface area contributed by atoms with E-state index < -0.39 is 0 Å². The molecule has 3 aromatic rings. The maximum absolute atomic E-state index is 12.3. The van der Waals surface area contributed by atoms with E-state index in [2.05, 4.69) is 25.9 Å². The molecule has 0 aliphatic heterocycles. The monoisotopic (exact) mass is 367 g/mol. The molecule has 140 valence electrons. The van der Waals surface area contributed by atoms with Crippen LogP contribution in [0, 0.1) is 13.8 Å². The van der Waals surface area contributed by atoms with Crippen molar-refractivity contribution in [2.45, 2.75) is 27.3 Å². The number of rotatable bonds is 5. The Morgan fingerprint density at radius 2 is 1.93 bits per heavy atom. The fourth-order valence-corrected chi connectivity index (χ4v) is 2.95. The van der Waals surface area contributed by atoms with E-state index >= 15 is 0 Å². The first-order valence-corrected chi connectivity index (χ1v) is 8.41. The Bertz CT molecular complexity index is 1000. The van der Waals surface area contributed by atoms with Gasteiger partial charge in [0.1, 0.15) is 6.54 Å². The van der Waals surface area contributed by atoms with Crippen LogP contribution in [0.25, 0.3) is 11.1 Å². The van der Waals surface area contributed by atoms with E-state index in [1.54, 1.807) is 11.7 Å². The Kier molecular flexibility index (Phi) is 5.02. The third kappa shape index (κ3) is 4.20. The lowest BCUT2D eigenvalue weighted by Crippen LogP contribution is -2.20. The number of hydrogen-bond acceptors (Lipinski definition) is 5. The van der Waals surface area contributed by atoms with Crippen LogP contribution in [-0.2, 0) is 23.2 Å². The molecule has 9 nitrogen and oxygen atoms in total. The number of nitrogens with zero attached hydrogens (tertiary/aromatic N) is 5. The highest BCUT2D eigenvalue weighted by Gasteiger charge is 2.16. The van der Waals surface area contributed by atoms with Gasteiger partial charge >= 0.3 is 0 Å². The largest absolute Gasteiger partial charge is 0.326 e. The van der Waals surface area contributed by atoms with Crippen LogP contribution in [-0.4, -0.2) is 36.6 Å². The van der Waals surface area contributed by atoms with Crippen molar-refractivity contribution in [3.8, 4) is 11.1 Å². The lowest BCUT2D eigenvalue weighted by molar-refractivity contribution is -0.117. The van der Waals surface area contributed by atoms with Gasteiger partial charge in [0.15, 0.2) is 5.82 Å². The molecule has 0 saturated carbocycles. The predicted octanol–water partition coefficient (Wildman–Crippen LogP) is 1.89. The Morgan fingerprint density at radius 1 is 1.15 bits per heavy atom. The lowest BCUT2D eigenvalue weighted by atomic mass is 10.0. The summed E-state index contributed by atoms with van der Waals surface area (Å²) in [6.45, 7) is 5.34. The quantitative estimate of drug-likeness (QED) is 0.716. The summed E-state index contributed by atoms with van der Waals surface area (Å²) >= 11 is 0. The summed E-state index contributed by atoms with van der Waals surface area (Å²) in [7, 11) is 1.68. The summed E-state index contributed by atoms with van der Waals surface area (Å²) in [6, 6.07) is 7.54. The zero-order valence-electron chi connectivity index (χ0n) is 15.6. The molecular weight excluding hydrogens is 346 g/mol. The van der Waals surface area contributed by atoms with Gasteiger partial charge in [-0.25, -0.2) is 0 Å². The molecule has 0 radical (unpaired) electrons. The van der Waals surface area contributed by atoms with Crippen molar-refractivity contribution in [3.63, 3.8) is 0 Å². The molecule has 0 aliphatic carbocycles. The molecular formula is C18H21N7O2. The number of carbonyl (C=O) groups excluding carboxylic acids is 2. The van der Waals surface area contributed by atoms with Gasteiger partial charge in [-0.2, -0.15) is 15.0 Å². The molecule has 0 unspecified atom stereocenters. The van der Waals surface area contributed by atoms with Crippen LogP contribution in [0.4, 0.5) is 11.5 Å². The minimum Gasteiger partial charge on any atom is -0.326 e. The molecule has 27 heavy (non-hydrogen) atoms. The number of benzene rings is 1. The fourth-order valence-electron chi connectivity index (χ4n) is 2.95. The first-order chi connectivity index (χ1) is 12.8. The van der Waals surface area contributed by atoms with Crippen molar-refractivity contribution in [2.24, 2.45) is 7.05 Å². The van der Waals surface area contributed by atoms with E-state index in [9.17, 15) is 9.59 Å². The highest BCUT2D eigenvalue weighted by Crippen LogP contribution is 2.29. The number of aromatic nitrogens is 5. The van der Waals surface area contributed by atoms with E-state index in [0.29, 0.717) is 11.5 Å². The molecule has 9 heteroatoms. The third-order valence-corrected chi connectivity index (χ3v) is 4.01. The molecule has 0 spiro atoms. The Morgan fingerprint density at radius 3 is 2.59 bits per heavy atom. The van der Waals surface area contributed by atoms with Crippen molar-refractivity contribution in [1.82, 2.24) is 24.8 Å². The molecule has 2 N–H and O–H groups in total. The van der Waals surface area contributed by atoms with Gasteiger partial charge in [-0.15, -0.1) is 5.10 Å². The number of aryl methyl sites for hydroxylation is 2. The molecule has 2 aromatic heterocycles. The Balaban J connectivity index is 1.82. The molecule has 3 rings (SSSR count). The van der Waals surface area contributed by atoms with Crippen LogP contribution in [0.2, 0.25) is 0 Å². The summed E-state index contributed by atoms with van der Waals surface area (Å²) in [6.07, 6.45) is 1.48. The topological polar surface area (TPSA) is 107 Å². The van der Waals surface area contributed by atoms with Crippen molar-refractivity contribution >= 4 is 23.3 Å². The van der Waals surface area contributed by atoms with Gasteiger partial charge in [0.25, 0.3) is 0 Å². The molecule has 2 amide bonds. The Labute approximate surface area is 156 Å². The average molecular weight is 367 g/mol. The number of carbonyl (C=O) groups is 2. The second-order valence-electron chi connectivity index (χ2n) is 6.23. The van der Waals surface area contributed by atoms with Gasteiger partial charge in [-0.05, 0) is 31.5 Å². The second kappa shape index (κ2) is 7.40. The zero-order chi connectivity index (χ0) is 19.6. The lowest BCUT2D eigenvalue weighted by Gasteiger charge is -2.08. The summed E-state index contributed by atoms with van der Waals surface area (Å²) in [4.78, 5) is 24.9. The van der Waals surface area contributed by atoms with Crippen LogP contribution >= 0.6 is 0 Å². The SMILES string of the molecule is CC(=O)Nc1cccc(-c2c(C)nn(CC(=O)Nc3cnn(C)n3)c2C)c1. The summed E-state index contributed by atoms with van der Waals surface area (Å²) in [5.41, 5.74) is 4.25. The van der Waals surface area contributed by atoms with E-state index in [-0.39, 0.29) is 18.4 Å². The molecule has 2 heterocycles. The zero-order valence-corrected chi connectivity index (χ0v) is 15.6. The second-order valence-corrected chi connectivity index (χ2v) is 6.23. The summed E-state index contributed by atoms with van der Waals surface area (Å²) in [5, 5.41) is 17.9. The van der Waals surface area contributed by atoms with Crippen LogP contribution in [0.5, 0.6) is 0 Å². The van der Waals surface area contributed by atoms with Crippen LogP contribution in [0.3, 0.4) is 0 Å². The van der Waals surface area contributed by atoms with Crippen LogP contribution < -0.4 is 10.6 Å². The van der Waals surface area contributed by atoms with E-state index in [1.807, 2.05) is 38.1 Å². The van der Waals surface area contributed by atoms with Crippen LogP contribution in [0.15, 0.2) is 30.5 Å². The van der Waals surface area contributed by atoms with Crippen LogP contribution in [0.1, 0.15) is 18.3 Å². The first kappa shape index (κ1) is 18.3. The molecule has 0 fully saturated rings. The Hall–Kier alpha value is -3.49. The van der Waals surface area contributed by atoms with Gasteiger partial charge in [-0.1, -0.05) is 12.1 Å². The normalized spacial score (nSPS) is 10.7. The van der Waals surface area contributed by atoms with Crippen molar-refractivity contribution < 1.29 is 9.59 Å². The summed E-state index contributed by atoms with van der Waals surface area (Å²) < 4.78 is 1.65. The molecule has 0 aliphatic rings. The predicted molar refractivity (Wildman–Crippen MR) is 101 cm³/mol. The van der Waals surface area contributed by atoms with Gasteiger partial charge in [0.2, 0.25) is 11.8 Å². The molecule has 0 atom stereocenters. The number of hydrogen-bond donors (Lipinski definition) is 2. The smallest absolute Gasteiger partial charge is 0.247 e. The van der Waals surface area contributed by atoms with Gasteiger partial charge in [0, 0.05) is 30.9 Å². The minimum absolute atomic E-state index is 0.0641. The molecule has 1 aromatic carbocycles. The van der Waals surface area contributed by atoms with Gasteiger partial charge < -0.3 is 10.6 Å². The molecule has 0 bridgehead atoms. The third-order valence-electron chi connectivity index (χ3n) is 4.01.